The van der Waals surface area contributed by atoms with Gasteiger partial charge in [0.05, 0.1) is 19.9 Å². The topological polar surface area (TPSA) is 102 Å². The van der Waals surface area contributed by atoms with Crippen molar-refractivity contribution in [3.63, 3.8) is 0 Å². The lowest BCUT2D eigenvalue weighted by Crippen LogP contribution is -2.38. The third kappa shape index (κ3) is 3.84. The van der Waals surface area contributed by atoms with Crippen LogP contribution in [-0.4, -0.2) is 29.7 Å². The predicted molar refractivity (Wildman–Crippen MR) is 108 cm³/mol. The fourth-order valence-corrected chi connectivity index (χ4v) is 2.83. The van der Waals surface area contributed by atoms with E-state index in [-0.39, 0.29) is 11.3 Å². The zero-order valence-corrected chi connectivity index (χ0v) is 16.6. The van der Waals surface area contributed by atoms with Gasteiger partial charge in [0.1, 0.15) is 5.56 Å². The molecule has 8 nitrogen and oxygen atoms in total. The number of hydrogen-bond donors (Lipinski definition) is 2. The van der Waals surface area contributed by atoms with Crippen LogP contribution >= 0.6 is 15.9 Å². The average molecular weight is 446 g/mol. The van der Waals surface area contributed by atoms with E-state index < -0.39 is 17.2 Å². The van der Waals surface area contributed by atoms with Gasteiger partial charge >= 0.3 is 5.69 Å². The smallest absolute Gasteiger partial charge is 0.333 e. The molecule has 0 saturated carbocycles. The van der Waals surface area contributed by atoms with Crippen LogP contribution < -0.4 is 26.0 Å². The maximum atomic E-state index is 12.8. The van der Waals surface area contributed by atoms with Crippen molar-refractivity contribution in [1.29, 1.82) is 0 Å². The van der Waals surface area contributed by atoms with Crippen LogP contribution in [0, 0.1) is 0 Å². The van der Waals surface area contributed by atoms with E-state index >= 15 is 0 Å². The lowest BCUT2D eigenvalue weighted by molar-refractivity contribution is 0.102. The van der Waals surface area contributed by atoms with Crippen LogP contribution in [0.1, 0.15) is 10.4 Å². The third-order valence-electron chi connectivity index (χ3n) is 3.95. The van der Waals surface area contributed by atoms with Crippen LogP contribution in [0.15, 0.2) is 62.7 Å². The van der Waals surface area contributed by atoms with Gasteiger partial charge in [-0.1, -0.05) is 15.9 Å². The van der Waals surface area contributed by atoms with E-state index in [1.807, 2.05) is 0 Å². The molecule has 3 rings (SSSR count). The maximum Gasteiger partial charge on any atom is 0.333 e. The first-order valence-electron chi connectivity index (χ1n) is 8.08. The Kier molecular flexibility index (Phi) is 5.65. The van der Waals surface area contributed by atoms with Crippen molar-refractivity contribution in [3.05, 3.63) is 79.5 Å². The summed E-state index contributed by atoms with van der Waals surface area (Å²) in [5.74, 6) is 0.147. The van der Waals surface area contributed by atoms with Crippen LogP contribution in [0.4, 0.5) is 5.69 Å². The highest BCUT2D eigenvalue weighted by atomic mass is 79.9. The highest BCUT2D eigenvalue weighted by molar-refractivity contribution is 9.10. The summed E-state index contributed by atoms with van der Waals surface area (Å²) in [6.45, 7) is 0. The summed E-state index contributed by atoms with van der Waals surface area (Å²) in [7, 11) is 2.92. The summed E-state index contributed by atoms with van der Waals surface area (Å²) in [6.07, 6.45) is 1.09. The maximum absolute atomic E-state index is 12.8. The fraction of sp³-hybridized carbons (Fsp3) is 0.105. The van der Waals surface area contributed by atoms with Crippen LogP contribution in [0.3, 0.4) is 0 Å². The molecule has 1 aromatic heterocycles. The minimum absolute atomic E-state index is 0.211. The van der Waals surface area contributed by atoms with Gasteiger partial charge in [0.2, 0.25) is 0 Å². The molecule has 0 fully saturated rings. The molecule has 1 amide bonds. The van der Waals surface area contributed by atoms with Gasteiger partial charge < -0.3 is 19.8 Å². The molecule has 0 bridgehead atoms. The van der Waals surface area contributed by atoms with Crippen molar-refractivity contribution in [1.82, 2.24) is 9.55 Å². The van der Waals surface area contributed by atoms with E-state index in [4.69, 9.17) is 9.47 Å². The van der Waals surface area contributed by atoms with Gasteiger partial charge in [-0.3, -0.25) is 9.59 Å². The van der Waals surface area contributed by atoms with Gasteiger partial charge in [0, 0.05) is 22.4 Å². The standard InChI is InChI=1S/C19H16BrN3O5/c1-27-15-8-7-13(9-16(15)28-2)23-18(25)14(10-21-19(23)26)17(24)22-12-5-3-11(20)4-6-12/h3-10H,1-2H3,(H,21,26)(H,22,24). The molecule has 1 heterocycles. The van der Waals surface area contributed by atoms with Gasteiger partial charge in [-0.2, -0.15) is 0 Å². The molecule has 28 heavy (non-hydrogen) atoms. The average Bonchev–Trinajstić information content (AvgIpc) is 2.69. The quantitative estimate of drug-likeness (QED) is 0.628. The molecule has 3 aromatic rings. The Hall–Kier alpha value is -3.33. The number of nitrogens with zero attached hydrogens (tertiary/aromatic N) is 1. The number of carbonyl (C=O) groups is 1. The molecule has 0 spiro atoms. The zero-order chi connectivity index (χ0) is 20.3. The van der Waals surface area contributed by atoms with Gasteiger partial charge in [-0.15, -0.1) is 0 Å². The lowest BCUT2D eigenvalue weighted by atomic mass is 10.2. The summed E-state index contributed by atoms with van der Waals surface area (Å²) in [6, 6.07) is 11.4. The number of halogens is 1. The van der Waals surface area contributed by atoms with Crippen molar-refractivity contribution in [2.75, 3.05) is 19.5 Å². The Morgan fingerprint density at radius 1 is 1.04 bits per heavy atom. The number of rotatable bonds is 5. The number of aromatic amines is 1. The van der Waals surface area contributed by atoms with E-state index in [2.05, 4.69) is 26.2 Å². The van der Waals surface area contributed by atoms with E-state index in [1.165, 1.54) is 26.4 Å². The summed E-state index contributed by atoms with van der Waals surface area (Å²) in [4.78, 5) is 40.0. The Morgan fingerprint density at radius 3 is 2.36 bits per heavy atom. The first-order valence-corrected chi connectivity index (χ1v) is 8.88. The molecule has 0 saturated heterocycles. The molecule has 2 aromatic carbocycles. The number of H-pyrrole nitrogens is 1. The van der Waals surface area contributed by atoms with Crippen LogP contribution in [-0.2, 0) is 0 Å². The molecular formula is C19H16BrN3O5. The summed E-state index contributed by atoms with van der Waals surface area (Å²) in [5.41, 5.74) is -0.904. The normalized spacial score (nSPS) is 10.4. The van der Waals surface area contributed by atoms with Crippen molar-refractivity contribution < 1.29 is 14.3 Å². The van der Waals surface area contributed by atoms with Crippen LogP contribution in [0.5, 0.6) is 11.5 Å². The SMILES string of the molecule is COc1ccc(-n2c(=O)[nH]cc(C(=O)Nc3ccc(Br)cc3)c2=O)cc1OC. The van der Waals surface area contributed by atoms with Crippen molar-refractivity contribution >= 4 is 27.5 Å². The first-order chi connectivity index (χ1) is 13.4. The molecule has 0 aliphatic heterocycles. The van der Waals surface area contributed by atoms with E-state index in [0.29, 0.717) is 17.2 Å². The molecule has 9 heteroatoms. The van der Waals surface area contributed by atoms with Gasteiger partial charge in [-0.05, 0) is 36.4 Å². The number of hydrogen-bond acceptors (Lipinski definition) is 5. The number of anilines is 1. The van der Waals surface area contributed by atoms with E-state index in [0.717, 1.165) is 15.2 Å². The number of benzene rings is 2. The molecule has 0 aliphatic rings. The number of amides is 1. The lowest BCUT2D eigenvalue weighted by Gasteiger charge is -2.11. The molecule has 0 atom stereocenters. The van der Waals surface area contributed by atoms with Gasteiger partial charge in [0.25, 0.3) is 11.5 Å². The first kappa shape index (κ1) is 19.4. The molecule has 144 valence electrons. The number of ether oxygens (including phenoxy) is 2. The number of methoxy groups -OCH3 is 2. The molecule has 0 unspecified atom stereocenters. The summed E-state index contributed by atoms with van der Waals surface area (Å²) >= 11 is 3.31. The minimum atomic E-state index is -0.759. The van der Waals surface area contributed by atoms with E-state index in [9.17, 15) is 14.4 Å². The van der Waals surface area contributed by atoms with Crippen LogP contribution in [0.2, 0.25) is 0 Å². The van der Waals surface area contributed by atoms with Gasteiger partial charge in [-0.25, -0.2) is 9.36 Å². The minimum Gasteiger partial charge on any atom is -0.493 e. The Bertz CT molecular complexity index is 1140. The second-order valence-corrected chi connectivity index (χ2v) is 6.56. The Morgan fingerprint density at radius 2 is 1.71 bits per heavy atom. The van der Waals surface area contributed by atoms with Crippen molar-refractivity contribution in [2.24, 2.45) is 0 Å². The summed E-state index contributed by atoms with van der Waals surface area (Å²) in [5, 5.41) is 2.63. The highest BCUT2D eigenvalue weighted by Crippen LogP contribution is 2.28. The summed E-state index contributed by atoms with van der Waals surface area (Å²) < 4.78 is 12.1. The van der Waals surface area contributed by atoms with Crippen LogP contribution in [0.25, 0.3) is 5.69 Å². The second-order valence-electron chi connectivity index (χ2n) is 5.65. The predicted octanol–water partition coefficient (Wildman–Crippen LogP) is 2.56. The monoisotopic (exact) mass is 445 g/mol. The third-order valence-corrected chi connectivity index (χ3v) is 4.48. The Labute approximate surface area is 167 Å². The second kappa shape index (κ2) is 8.13. The van der Waals surface area contributed by atoms with Crippen molar-refractivity contribution in [2.45, 2.75) is 0 Å². The number of nitrogens with one attached hydrogen (secondary N) is 2. The Balaban J connectivity index is 2.03. The highest BCUT2D eigenvalue weighted by Gasteiger charge is 2.17. The zero-order valence-electron chi connectivity index (χ0n) is 15.0. The van der Waals surface area contributed by atoms with E-state index in [1.54, 1.807) is 30.3 Å². The molecule has 0 aliphatic carbocycles. The molecular weight excluding hydrogens is 430 g/mol. The number of aromatic nitrogens is 2. The number of carbonyl (C=O) groups excluding carboxylic acids is 1. The van der Waals surface area contributed by atoms with Crippen molar-refractivity contribution in [3.8, 4) is 17.2 Å². The molecule has 0 radical (unpaired) electrons. The largest absolute Gasteiger partial charge is 0.493 e. The van der Waals surface area contributed by atoms with Gasteiger partial charge in [0.15, 0.2) is 11.5 Å². The molecule has 2 N–H and O–H groups in total. The fourth-order valence-electron chi connectivity index (χ4n) is 2.57.